The van der Waals surface area contributed by atoms with Crippen molar-refractivity contribution >= 4 is 5.91 Å². The van der Waals surface area contributed by atoms with E-state index in [9.17, 15) is 9.59 Å². The molecule has 132 valence electrons. The van der Waals surface area contributed by atoms with Crippen LogP contribution in [0.4, 0.5) is 0 Å². The lowest BCUT2D eigenvalue weighted by Gasteiger charge is -2.24. The minimum absolute atomic E-state index is 0.0567. The van der Waals surface area contributed by atoms with Gasteiger partial charge in [-0.05, 0) is 44.0 Å². The fourth-order valence-corrected chi connectivity index (χ4v) is 3.01. The number of benzene rings is 1. The fourth-order valence-electron chi connectivity index (χ4n) is 3.01. The van der Waals surface area contributed by atoms with Crippen molar-refractivity contribution in [3.8, 4) is 11.5 Å². The molecule has 0 saturated carbocycles. The lowest BCUT2D eigenvalue weighted by molar-refractivity contribution is -0.134. The number of nitrogens with one attached hydrogen (secondary N) is 1. The van der Waals surface area contributed by atoms with Crippen molar-refractivity contribution in [2.75, 3.05) is 20.3 Å². The van der Waals surface area contributed by atoms with Crippen molar-refractivity contribution in [3.05, 3.63) is 52.2 Å². The van der Waals surface area contributed by atoms with Gasteiger partial charge in [0.25, 0.3) is 11.5 Å². The molecule has 2 heterocycles. The third-order valence-corrected chi connectivity index (χ3v) is 4.20. The van der Waals surface area contributed by atoms with Gasteiger partial charge in [0.1, 0.15) is 17.3 Å². The normalized spacial score (nSPS) is 16.7. The van der Waals surface area contributed by atoms with E-state index in [-0.39, 0.29) is 24.1 Å². The van der Waals surface area contributed by atoms with E-state index in [2.05, 4.69) is 9.97 Å². The van der Waals surface area contributed by atoms with Crippen LogP contribution in [0.2, 0.25) is 0 Å². The highest BCUT2D eigenvalue weighted by Gasteiger charge is 2.31. The third-order valence-electron chi connectivity index (χ3n) is 4.20. The van der Waals surface area contributed by atoms with Gasteiger partial charge < -0.3 is 19.4 Å². The molecule has 7 heteroatoms. The van der Waals surface area contributed by atoms with E-state index in [0.717, 1.165) is 18.6 Å². The first-order valence-corrected chi connectivity index (χ1v) is 8.21. The quantitative estimate of drug-likeness (QED) is 0.895. The molecule has 25 heavy (non-hydrogen) atoms. The van der Waals surface area contributed by atoms with Crippen molar-refractivity contribution < 1.29 is 14.3 Å². The maximum atomic E-state index is 12.6. The molecule has 3 rings (SSSR count). The van der Waals surface area contributed by atoms with Crippen LogP contribution < -0.4 is 15.0 Å². The Balaban J connectivity index is 1.66. The van der Waals surface area contributed by atoms with Crippen LogP contribution in [0.25, 0.3) is 0 Å². The summed E-state index contributed by atoms with van der Waals surface area (Å²) in [7, 11) is 1.59. The molecule has 1 fully saturated rings. The topological polar surface area (TPSA) is 84.5 Å². The summed E-state index contributed by atoms with van der Waals surface area (Å²) in [5.41, 5.74) is 0.448. The van der Waals surface area contributed by atoms with E-state index in [1.54, 1.807) is 43.2 Å². The van der Waals surface area contributed by atoms with Gasteiger partial charge in [0.15, 0.2) is 6.61 Å². The molecule has 0 unspecified atom stereocenters. The summed E-state index contributed by atoms with van der Waals surface area (Å²) in [6.45, 7) is 2.35. The van der Waals surface area contributed by atoms with Crippen LogP contribution in [-0.4, -0.2) is 41.0 Å². The smallest absolute Gasteiger partial charge is 0.261 e. The Morgan fingerprint density at radius 3 is 2.72 bits per heavy atom. The number of hydrogen-bond acceptors (Lipinski definition) is 5. The number of rotatable bonds is 5. The molecule has 7 nitrogen and oxygen atoms in total. The van der Waals surface area contributed by atoms with Crippen LogP contribution in [0.3, 0.4) is 0 Å². The van der Waals surface area contributed by atoms with Crippen molar-refractivity contribution in [1.29, 1.82) is 0 Å². The minimum Gasteiger partial charge on any atom is -0.497 e. The van der Waals surface area contributed by atoms with Gasteiger partial charge in [-0.3, -0.25) is 9.59 Å². The van der Waals surface area contributed by atoms with E-state index >= 15 is 0 Å². The number of hydrogen-bond donors (Lipinski definition) is 1. The zero-order chi connectivity index (χ0) is 17.8. The molecule has 2 aromatic rings. The highest BCUT2D eigenvalue weighted by atomic mass is 16.5. The molecular formula is C18H21N3O4. The van der Waals surface area contributed by atoms with Crippen LogP contribution in [-0.2, 0) is 4.79 Å². The number of likely N-dealkylation sites (tertiary alicyclic amines) is 1. The molecular weight excluding hydrogens is 322 g/mol. The molecule has 0 spiro atoms. The lowest BCUT2D eigenvalue weighted by atomic mass is 10.2. The molecule has 1 aromatic heterocycles. The standard InChI is InChI=1S/C18H21N3O4/c1-12-10-16(22)20-18(19-12)15-4-3-9-21(15)17(23)11-25-14-7-5-13(24-2)6-8-14/h5-8,10,15H,3-4,9,11H2,1-2H3,(H,19,20,22)/t15-/m1/s1. The van der Waals surface area contributed by atoms with Crippen molar-refractivity contribution in [3.63, 3.8) is 0 Å². The van der Waals surface area contributed by atoms with E-state index in [0.29, 0.717) is 23.8 Å². The number of H-pyrrole nitrogens is 1. The van der Waals surface area contributed by atoms with Crippen LogP contribution >= 0.6 is 0 Å². The first kappa shape index (κ1) is 17.0. The molecule has 0 bridgehead atoms. The molecule has 1 aliphatic heterocycles. The second kappa shape index (κ2) is 7.38. The Morgan fingerprint density at radius 1 is 1.32 bits per heavy atom. The highest BCUT2D eigenvalue weighted by molar-refractivity contribution is 5.78. The highest BCUT2D eigenvalue weighted by Crippen LogP contribution is 2.29. The Kier molecular flexibility index (Phi) is 5.02. The number of carbonyl (C=O) groups excluding carboxylic acids is 1. The van der Waals surface area contributed by atoms with Crippen LogP contribution in [0.1, 0.15) is 30.4 Å². The summed E-state index contributed by atoms with van der Waals surface area (Å²) >= 11 is 0. The average Bonchev–Trinajstić information content (AvgIpc) is 3.09. The number of aromatic nitrogens is 2. The van der Waals surface area contributed by atoms with E-state index in [1.165, 1.54) is 6.07 Å². The Hall–Kier alpha value is -2.83. The molecule has 1 amide bonds. The molecule has 1 aliphatic rings. The number of methoxy groups -OCH3 is 1. The predicted octanol–water partition coefficient (Wildman–Crippen LogP) is 1.83. The van der Waals surface area contributed by atoms with Gasteiger partial charge in [-0.15, -0.1) is 0 Å². The lowest BCUT2D eigenvalue weighted by Crippen LogP contribution is -2.35. The van der Waals surface area contributed by atoms with Crippen molar-refractivity contribution in [2.45, 2.75) is 25.8 Å². The largest absolute Gasteiger partial charge is 0.497 e. The zero-order valence-electron chi connectivity index (χ0n) is 14.3. The molecule has 0 radical (unpaired) electrons. The SMILES string of the molecule is COc1ccc(OCC(=O)N2CCC[C@@H]2c2nc(C)cc(=O)[nH]2)cc1. The summed E-state index contributed by atoms with van der Waals surface area (Å²) in [4.78, 5) is 33.1. The molecule has 1 atom stereocenters. The summed E-state index contributed by atoms with van der Waals surface area (Å²) in [5.74, 6) is 1.75. The first-order chi connectivity index (χ1) is 12.1. The predicted molar refractivity (Wildman–Crippen MR) is 91.8 cm³/mol. The Bertz CT molecular complexity index is 801. The second-order valence-electron chi connectivity index (χ2n) is 5.98. The molecule has 1 N–H and O–H groups in total. The van der Waals surface area contributed by atoms with Gasteiger partial charge in [0, 0.05) is 18.3 Å². The Morgan fingerprint density at radius 2 is 2.04 bits per heavy atom. The monoisotopic (exact) mass is 343 g/mol. The number of carbonyl (C=O) groups is 1. The van der Waals surface area contributed by atoms with Gasteiger partial charge in [-0.1, -0.05) is 0 Å². The maximum absolute atomic E-state index is 12.6. The fraction of sp³-hybridized carbons (Fsp3) is 0.389. The average molecular weight is 343 g/mol. The van der Waals surface area contributed by atoms with Crippen molar-refractivity contribution in [2.24, 2.45) is 0 Å². The van der Waals surface area contributed by atoms with E-state index < -0.39 is 0 Å². The van der Waals surface area contributed by atoms with Gasteiger partial charge >= 0.3 is 0 Å². The summed E-state index contributed by atoms with van der Waals surface area (Å²) in [6, 6.07) is 8.30. The van der Waals surface area contributed by atoms with Crippen LogP contribution in [0.15, 0.2) is 35.1 Å². The van der Waals surface area contributed by atoms with Crippen molar-refractivity contribution in [1.82, 2.24) is 14.9 Å². The molecule has 1 aromatic carbocycles. The van der Waals surface area contributed by atoms with Crippen LogP contribution in [0.5, 0.6) is 11.5 Å². The number of aromatic amines is 1. The van der Waals surface area contributed by atoms with Gasteiger partial charge in [-0.25, -0.2) is 4.98 Å². The zero-order valence-corrected chi connectivity index (χ0v) is 14.3. The van der Waals surface area contributed by atoms with E-state index in [1.807, 2.05) is 0 Å². The number of amides is 1. The van der Waals surface area contributed by atoms with Gasteiger partial charge in [0.2, 0.25) is 0 Å². The minimum atomic E-state index is -0.209. The number of ether oxygens (including phenoxy) is 2. The maximum Gasteiger partial charge on any atom is 0.261 e. The van der Waals surface area contributed by atoms with Gasteiger partial charge in [-0.2, -0.15) is 0 Å². The van der Waals surface area contributed by atoms with Gasteiger partial charge in [0.05, 0.1) is 13.2 Å². The Labute approximate surface area is 145 Å². The summed E-state index contributed by atoms with van der Waals surface area (Å²) in [5, 5.41) is 0. The third kappa shape index (κ3) is 3.99. The first-order valence-electron chi connectivity index (χ1n) is 8.21. The number of nitrogens with zero attached hydrogens (tertiary/aromatic N) is 2. The molecule has 1 saturated heterocycles. The summed E-state index contributed by atoms with van der Waals surface area (Å²) < 4.78 is 10.7. The van der Waals surface area contributed by atoms with E-state index in [4.69, 9.17) is 9.47 Å². The summed E-state index contributed by atoms with van der Waals surface area (Å²) in [6.07, 6.45) is 1.65. The van der Waals surface area contributed by atoms with Crippen LogP contribution in [0, 0.1) is 6.92 Å². The number of aryl methyl sites for hydroxylation is 1. The molecule has 0 aliphatic carbocycles. The second-order valence-corrected chi connectivity index (χ2v) is 5.98.